The maximum absolute atomic E-state index is 11.0. The van der Waals surface area contributed by atoms with Gasteiger partial charge in [0.2, 0.25) is 0 Å². The van der Waals surface area contributed by atoms with Gasteiger partial charge in [0.1, 0.15) is 0 Å². The number of benzene rings is 3. The first-order valence-corrected chi connectivity index (χ1v) is 6.06. The summed E-state index contributed by atoms with van der Waals surface area (Å²) in [4.78, 5) is 10.7. The molecule has 0 spiro atoms. The Morgan fingerprint density at radius 3 is 2.42 bits per heavy atom. The van der Waals surface area contributed by atoms with Crippen molar-refractivity contribution in [2.45, 2.75) is 0 Å². The topological polar surface area (TPSA) is 43.1 Å². The van der Waals surface area contributed by atoms with Crippen molar-refractivity contribution in [1.82, 2.24) is 0 Å². The normalized spacial score (nSPS) is 12.4. The summed E-state index contributed by atoms with van der Waals surface area (Å²) in [5, 5.41) is 15.3. The second-order valence-corrected chi connectivity index (χ2v) is 4.73. The van der Waals surface area contributed by atoms with E-state index in [2.05, 4.69) is 6.07 Å². The van der Waals surface area contributed by atoms with Crippen molar-refractivity contribution in [3.05, 3.63) is 63.7 Å². The summed E-state index contributed by atoms with van der Waals surface area (Å²) in [6.45, 7) is 0. The molecule has 0 unspecified atom stereocenters. The van der Waals surface area contributed by atoms with Gasteiger partial charge >= 0.3 is 0 Å². The fourth-order valence-corrected chi connectivity index (χ4v) is 2.84. The summed E-state index contributed by atoms with van der Waals surface area (Å²) in [6.07, 6.45) is 3.97. The summed E-state index contributed by atoms with van der Waals surface area (Å²) < 4.78 is 0. The number of nitro groups is 1. The fraction of sp³-hybridized carbons (Fsp3) is 0. The average Bonchev–Trinajstić information content (AvgIpc) is 2.83. The molecule has 0 aromatic heterocycles. The molecular formula is C16H9NO2. The Kier molecular flexibility index (Phi) is 1.85. The van der Waals surface area contributed by atoms with Crippen LogP contribution in [0.5, 0.6) is 0 Å². The molecule has 0 heterocycles. The summed E-state index contributed by atoms with van der Waals surface area (Å²) in [5.41, 5.74) is 2.22. The highest BCUT2D eigenvalue weighted by molar-refractivity contribution is 6.17. The third kappa shape index (κ3) is 1.32. The quantitative estimate of drug-likeness (QED) is 0.284. The molecule has 0 radical (unpaired) electrons. The Morgan fingerprint density at radius 1 is 0.895 bits per heavy atom. The molecule has 0 amide bonds. The molecule has 0 saturated carbocycles. The first kappa shape index (κ1) is 10.3. The van der Waals surface area contributed by atoms with E-state index in [0.29, 0.717) is 0 Å². The van der Waals surface area contributed by atoms with Gasteiger partial charge in [0, 0.05) is 12.1 Å². The van der Waals surface area contributed by atoms with E-state index >= 15 is 0 Å². The number of hydrogen-bond donors (Lipinski definition) is 0. The average molecular weight is 247 g/mol. The summed E-state index contributed by atoms with van der Waals surface area (Å²) in [7, 11) is 0. The monoisotopic (exact) mass is 247 g/mol. The molecular weight excluding hydrogens is 238 g/mol. The van der Waals surface area contributed by atoms with Gasteiger partial charge in [0.15, 0.2) is 0 Å². The highest BCUT2D eigenvalue weighted by atomic mass is 16.6. The molecule has 4 rings (SSSR count). The van der Waals surface area contributed by atoms with Crippen LogP contribution in [0.3, 0.4) is 0 Å². The maximum atomic E-state index is 11.0. The Labute approximate surface area is 108 Å². The summed E-state index contributed by atoms with van der Waals surface area (Å²) >= 11 is 0. The molecule has 3 aromatic rings. The lowest BCUT2D eigenvalue weighted by Gasteiger charge is -2.07. The Bertz CT molecular complexity index is 894. The molecule has 0 saturated heterocycles. The lowest BCUT2D eigenvalue weighted by Crippen LogP contribution is -1.90. The van der Waals surface area contributed by atoms with E-state index in [1.807, 2.05) is 36.4 Å². The number of hydrogen-bond acceptors (Lipinski definition) is 2. The Morgan fingerprint density at radius 2 is 1.63 bits per heavy atom. The predicted octanol–water partition coefficient (Wildman–Crippen LogP) is 4.39. The molecule has 1 aliphatic carbocycles. The van der Waals surface area contributed by atoms with E-state index in [1.54, 1.807) is 12.1 Å². The summed E-state index contributed by atoms with van der Waals surface area (Å²) in [5.74, 6) is 0. The van der Waals surface area contributed by atoms with Gasteiger partial charge in [-0.25, -0.2) is 0 Å². The molecule has 90 valence electrons. The van der Waals surface area contributed by atoms with Crippen LogP contribution in [0.25, 0.3) is 33.7 Å². The molecule has 0 aliphatic heterocycles. The zero-order chi connectivity index (χ0) is 13.0. The van der Waals surface area contributed by atoms with Crippen LogP contribution >= 0.6 is 0 Å². The number of nitro benzene ring substituents is 1. The Balaban J connectivity index is 2.28. The minimum atomic E-state index is -0.330. The molecule has 3 heteroatoms. The third-order valence-corrected chi connectivity index (χ3v) is 3.66. The lowest BCUT2D eigenvalue weighted by atomic mass is 9.97. The third-order valence-electron chi connectivity index (χ3n) is 3.66. The smallest absolute Gasteiger partial charge is 0.258 e. The van der Waals surface area contributed by atoms with Crippen molar-refractivity contribution in [2.75, 3.05) is 0 Å². The molecule has 19 heavy (non-hydrogen) atoms. The van der Waals surface area contributed by atoms with Crippen LogP contribution in [0.4, 0.5) is 5.69 Å². The van der Waals surface area contributed by atoms with Gasteiger partial charge in [-0.1, -0.05) is 36.4 Å². The largest absolute Gasteiger partial charge is 0.270 e. The van der Waals surface area contributed by atoms with Crippen molar-refractivity contribution >= 4 is 39.4 Å². The van der Waals surface area contributed by atoms with Crippen LogP contribution in [0, 0.1) is 10.1 Å². The lowest BCUT2D eigenvalue weighted by molar-refractivity contribution is -0.384. The van der Waals surface area contributed by atoms with E-state index in [-0.39, 0.29) is 10.6 Å². The van der Waals surface area contributed by atoms with Crippen LogP contribution in [-0.4, -0.2) is 4.92 Å². The first-order chi connectivity index (χ1) is 9.24. The molecule has 3 nitrogen and oxygen atoms in total. The van der Waals surface area contributed by atoms with E-state index in [4.69, 9.17) is 0 Å². The Hall–Kier alpha value is -2.68. The number of rotatable bonds is 1. The highest BCUT2D eigenvalue weighted by Crippen LogP contribution is 2.38. The van der Waals surface area contributed by atoms with E-state index in [0.717, 1.165) is 32.7 Å². The van der Waals surface area contributed by atoms with Gasteiger partial charge in [0.05, 0.1) is 4.92 Å². The minimum Gasteiger partial charge on any atom is -0.258 e. The van der Waals surface area contributed by atoms with Gasteiger partial charge < -0.3 is 0 Å². The molecule has 0 N–H and O–H groups in total. The van der Waals surface area contributed by atoms with Gasteiger partial charge in [-0.3, -0.25) is 10.1 Å². The van der Waals surface area contributed by atoms with Gasteiger partial charge in [-0.05, 0) is 38.7 Å². The molecule has 0 atom stereocenters. The standard InChI is InChI=1S/C16H9NO2/c18-17(19)13-8-12-6-5-11-7-10-3-1-2-4-14(10)15(9-13)16(11)12/h1-9H. The molecule has 1 aliphatic rings. The number of fused-ring (bicyclic) bond motifs is 2. The van der Waals surface area contributed by atoms with Crippen molar-refractivity contribution < 1.29 is 4.92 Å². The van der Waals surface area contributed by atoms with Crippen LogP contribution in [-0.2, 0) is 0 Å². The van der Waals surface area contributed by atoms with Gasteiger partial charge in [-0.15, -0.1) is 0 Å². The second-order valence-electron chi connectivity index (χ2n) is 4.73. The fourth-order valence-electron chi connectivity index (χ4n) is 2.84. The van der Waals surface area contributed by atoms with E-state index in [9.17, 15) is 10.1 Å². The zero-order valence-electron chi connectivity index (χ0n) is 9.96. The highest BCUT2D eigenvalue weighted by Gasteiger charge is 2.17. The second kappa shape index (κ2) is 3.42. The molecule has 0 fully saturated rings. The number of nitrogens with zero attached hydrogens (tertiary/aromatic N) is 1. The van der Waals surface area contributed by atoms with E-state index < -0.39 is 0 Å². The first-order valence-electron chi connectivity index (χ1n) is 6.06. The zero-order valence-corrected chi connectivity index (χ0v) is 9.96. The van der Waals surface area contributed by atoms with Crippen LogP contribution < -0.4 is 0 Å². The van der Waals surface area contributed by atoms with E-state index in [1.165, 1.54) is 0 Å². The predicted molar refractivity (Wildman–Crippen MR) is 77.0 cm³/mol. The minimum absolute atomic E-state index is 0.149. The van der Waals surface area contributed by atoms with Crippen molar-refractivity contribution in [2.24, 2.45) is 0 Å². The maximum Gasteiger partial charge on any atom is 0.270 e. The van der Waals surface area contributed by atoms with Crippen LogP contribution in [0.15, 0.2) is 42.5 Å². The molecule has 0 bridgehead atoms. The van der Waals surface area contributed by atoms with Crippen molar-refractivity contribution in [3.8, 4) is 0 Å². The van der Waals surface area contributed by atoms with Gasteiger partial charge in [0.25, 0.3) is 5.69 Å². The number of non-ortho nitro benzene ring substituents is 1. The van der Waals surface area contributed by atoms with Gasteiger partial charge in [-0.2, -0.15) is 0 Å². The summed E-state index contributed by atoms with van der Waals surface area (Å²) in [6, 6.07) is 13.5. The molecule has 3 aromatic carbocycles. The van der Waals surface area contributed by atoms with Crippen LogP contribution in [0.2, 0.25) is 0 Å². The SMILES string of the molecule is O=[N+]([O-])c1cc2c3c(cc4ccccc4c3c1)C=C2. The van der Waals surface area contributed by atoms with Crippen molar-refractivity contribution in [1.29, 1.82) is 0 Å². The van der Waals surface area contributed by atoms with Crippen molar-refractivity contribution in [3.63, 3.8) is 0 Å². The van der Waals surface area contributed by atoms with Crippen LogP contribution in [0.1, 0.15) is 11.1 Å².